The van der Waals surface area contributed by atoms with Crippen LogP contribution in [0.5, 0.6) is 0 Å². The number of hydrogen-bond acceptors (Lipinski definition) is 3. The van der Waals surface area contributed by atoms with Crippen LogP contribution in [-0.4, -0.2) is 21.6 Å². The number of nitrogens with zero attached hydrogens (tertiary/aromatic N) is 1. The lowest BCUT2D eigenvalue weighted by molar-refractivity contribution is -0.116. The molecule has 0 spiro atoms. The van der Waals surface area contributed by atoms with Gasteiger partial charge in [-0.25, -0.2) is 4.79 Å². The van der Waals surface area contributed by atoms with Crippen LogP contribution in [0.25, 0.3) is 0 Å². The second kappa shape index (κ2) is 6.44. The Kier molecular flexibility index (Phi) is 4.62. The van der Waals surface area contributed by atoms with Crippen LogP contribution < -0.4 is 10.9 Å². The molecular formula is C15H13ClN2O4. The summed E-state index contributed by atoms with van der Waals surface area (Å²) in [6, 6.07) is 7.61. The number of carboxylic acid groups (broad SMARTS) is 1. The van der Waals surface area contributed by atoms with Crippen molar-refractivity contribution in [2.45, 2.75) is 13.5 Å². The number of carbonyl (C=O) groups excluding carboxylic acids is 1. The van der Waals surface area contributed by atoms with Gasteiger partial charge in [-0.1, -0.05) is 11.6 Å². The minimum Gasteiger partial charge on any atom is -0.477 e. The standard InChI is InChI=1S/C15H13ClN2O4/c1-9-7-10(16)4-5-12(9)17-13(19)8-18-6-2-3-11(14(18)20)15(21)22/h2-7H,8H2,1H3,(H,17,19)(H,21,22). The largest absolute Gasteiger partial charge is 0.477 e. The fourth-order valence-corrected chi connectivity index (χ4v) is 2.16. The number of aryl methyl sites for hydroxylation is 1. The lowest BCUT2D eigenvalue weighted by atomic mass is 10.2. The Morgan fingerprint density at radius 2 is 2.05 bits per heavy atom. The number of anilines is 1. The second-order valence-corrected chi connectivity index (χ2v) is 5.10. The second-order valence-electron chi connectivity index (χ2n) is 4.67. The van der Waals surface area contributed by atoms with Gasteiger partial charge in [0, 0.05) is 16.9 Å². The predicted molar refractivity (Wildman–Crippen MR) is 82.5 cm³/mol. The van der Waals surface area contributed by atoms with Crippen molar-refractivity contribution in [2.75, 3.05) is 5.32 Å². The van der Waals surface area contributed by atoms with Crippen LogP contribution in [0.1, 0.15) is 15.9 Å². The Hall–Kier alpha value is -2.60. The van der Waals surface area contributed by atoms with E-state index >= 15 is 0 Å². The molecule has 2 aromatic rings. The molecule has 0 unspecified atom stereocenters. The number of carbonyl (C=O) groups is 2. The van der Waals surface area contributed by atoms with Crippen molar-refractivity contribution < 1.29 is 14.7 Å². The number of aromatic carboxylic acids is 1. The van der Waals surface area contributed by atoms with E-state index in [4.69, 9.17) is 16.7 Å². The van der Waals surface area contributed by atoms with Crippen LogP contribution in [-0.2, 0) is 11.3 Å². The van der Waals surface area contributed by atoms with Crippen molar-refractivity contribution in [3.05, 3.63) is 63.0 Å². The minimum atomic E-state index is -1.33. The van der Waals surface area contributed by atoms with Gasteiger partial charge in [-0.2, -0.15) is 0 Å². The van der Waals surface area contributed by atoms with Gasteiger partial charge in [-0.05, 0) is 42.8 Å². The van der Waals surface area contributed by atoms with Gasteiger partial charge in [0.2, 0.25) is 5.91 Å². The number of carboxylic acids is 1. The van der Waals surface area contributed by atoms with E-state index in [1.54, 1.807) is 25.1 Å². The number of nitrogens with one attached hydrogen (secondary N) is 1. The fourth-order valence-electron chi connectivity index (χ4n) is 1.94. The van der Waals surface area contributed by atoms with Gasteiger partial charge in [0.25, 0.3) is 5.56 Å². The Balaban J connectivity index is 2.18. The number of hydrogen-bond donors (Lipinski definition) is 2. The molecule has 2 rings (SSSR count). The van der Waals surface area contributed by atoms with Gasteiger partial charge in [0.1, 0.15) is 12.1 Å². The Morgan fingerprint density at radius 3 is 2.68 bits per heavy atom. The van der Waals surface area contributed by atoms with Crippen molar-refractivity contribution in [2.24, 2.45) is 0 Å². The molecule has 1 aromatic heterocycles. The monoisotopic (exact) mass is 320 g/mol. The molecule has 0 saturated heterocycles. The van der Waals surface area contributed by atoms with Crippen LogP contribution in [0.4, 0.5) is 5.69 Å². The normalized spacial score (nSPS) is 10.3. The number of halogens is 1. The first-order valence-corrected chi connectivity index (χ1v) is 6.75. The van der Waals surface area contributed by atoms with E-state index in [1.165, 1.54) is 18.3 Å². The number of rotatable bonds is 4. The van der Waals surface area contributed by atoms with Gasteiger partial charge in [0.05, 0.1) is 0 Å². The van der Waals surface area contributed by atoms with Crippen LogP contribution in [0, 0.1) is 6.92 Å². The Morgan fingerprint density at radius 1 is 1.32 bits per heavy atom. The lowest BCUT2D eigenvalue weighted by Gasteiger charge is -2.10. The molecule has 0 fully saturated rings. The summed E-state index contributed by atoms with van der Waals surface area (Å²) in [5.74, 6) is -1.76. The molecule has 1 aromatic carbocycles. The van der Waals surface area contributed by atoms with Gasteiger partial charge >= 0.3 is 5.97 Å². The van der Waals surface area contributed by atoms with Crippen molar-refractivity contribution >= 4 is 29.2 Å². The zero-order valence-electron chi connectivity index (χ0n) is 11.7. The molecule has 0 atom stereocenters. The molecule has 0 aliphatic carbocycles. The molecule has 114 valence electrons. The summed E-state index contributed by atoms with van der Waals surface area (Å²) in [4.78, 5) is 34.8. The lowest BCUT2D eigenvalue weighted by Crippen LogP contribution is -2.30. The average Bonchev–Trinajstić information content (AvgIpc) is 2.44. The maximum absolute atomic E-state index is 12.0. The number of aromatic nitrogens is 1. The molecule has 0 aliphatic heterocycles. The zero-order chi connectivity index (χ0) is 16.3. The van der Waals surface area contributed by atoms with E-state index in [2.05, 4.69) is 5.32 Å². The summed E-state index contributed by atoms with van der Waals surface area (Å²) in [5, 5.41) is 12.1. The van der Waals surface area contributed by atoms with E-state index in [-0.39, 0.29) is 12.1 Å². The summed E-state index contributed by atoms with van der Waals surface area (Å²) in [6.45, 7) is 1.51. The SMILES string of the molecule is Cc1cc(Cl)ccc1NC(=O)Cn1cccc(C(=O)O)c1=O. The molecular weight excluding hydrogens is 308 g/mol. The van der Waals surface area contributed by atoms with E-state index in [0.29, 0.717) is 10.7 Å². The van der Waals surface area contributed by atoms with Crippen molar-refractivity contribution in [3.8, 4) is 0 Å². The predicted octanol–water partition coefficient (Wildman–Crippen LogP) is 2.15. The number of pyridine rings is 1. The van der Waals surface area contributed by atoms with Gasteiger partial charge in [-0.3, -0.25) is 9.59 Å². The molecule has 1 amide bonds. The summed E-state index contributed by atoms with van der Waals surface area (Å²) in [7, 11) is 0. The molecule has 6 nitrogen and oxygen atoms in total. The van der Waals surface area contributed by atoms with Crippen molar-refractivity contribution in [3.63, 3.8) is 0 Å². The molecule has 1 heterocycles. The number of amides is 1. The highest BCUT2D eigenvalue weighted by atomic mass is 35.5. The molecule has 7 heteroatoms. The summed E-state index contributed by atoms with van der Waals surface area (Å²) >= 11 is 5.84. The maximum atomic E-state index is 12.0. The fraction of sp³-hybridized carbons (Fsp3) is 0.133. The third-order valence-electron chi connectivity index (χ3n) is 3.03. The quantitative estimate of drug-likeness (QED) is 0.903. The Bertz CT molecular complexity index is 798. The highest BCUT2D eigenvalue weighted by Crippen LogP contribution is 2.19. The Labute approximate surface area is 131 Å². The van der Waals surface area contributed by atoms with Crippen LogP contribution >= 0.6 is 11.6 Å². The molecule has 0 radical (unpaired) electrons. The van der Waals surface area contributed by atoms with Crippen LogP contribution in [0.2, 0.25) is 5.02 Å². The van der Waals surface area contributed by atoms with E-state index in [9.17, 15) is 14.4 Å². The molecule has 2 N–H and O–H groups in total. The summed E-state index contributed by atoms with van der Waals surface area (Å²) in [5.41, 5.74) is 0.264. The summed E-state index contributed by atoms with van der Waals surface area (Å²) < 4.78 is 1.05. The van der Waals surface area contributed by atoms with Gasteiger partial charge in [0.15, 0.2) is 0 Å². The van der Waals surface area contributed by atoms with Crippen LogP contribution in [0.15, 0.2) is 41.3 Å². The molecule has 0 saturated carbocycles. The average molecular weight is 321 g/mol. The first-order valence-electron chi connectivity index (χ1n) is 6.37. The molecule has 0 aliphatic rings. The highest BCUT2D eigenvalue weighted by Gasteiger charge is 2.12. The van der Waals surface area contributed by atoms with Crippen LogP contribution in [0.3, 0.4) is 0 Å². The van der Waals surface area contributed by atoms with E-state index in [0.717, 1.165) is 10.1 Å². The molecule has 22 heavy (non-hydrogen) atoms. The third-order valence-corrected chi connectivity index (χ3v) is 3.26. The van der Waals surface area contributed by atoms with Crippen molar-refractivity contribution in [1.82, 2.24) is 4.57 Å². The molecule has 0 bridgehead atoms. The zero-order valence-corrected chi connectivity index (χ0v) is 12.4. The first kappa shape index (κ1) is 15.8. The van der Waals surface area contributed by atoms with Gasteiger partial charge in [-0.15, -0.1) is 0 Å². The summed E-state index contributed by atoms with van der Waals surface area (Å²) in [6.07, 6.45) is 1.36. The highest BCUT2D eigenvalue weighted by molar-refractivity contribution is 6.30. The van der Waals surface area contributed by atoms with Crippen molar-refractivity contribution in [1.29, 1.82) is 0 Å². The van der Waals surface area contributed by atoms with E-state index < -0.39 is 17.4 Å². The van der Waals surface area contributed by atoms with Gasteiger partial charge < -0.3 is 15.0 Å². The first-order chi connectivity index (χ1) is 10.4. The smallest absolute Gasteiger partial charge is 0.341 e. The minimum absolute atomic E-state index is 0.276. The topological polar surface area (TPSA) is 88.4 Å². The number of benzene rings is 1. The van der Waals surface area contributed by atoms with E-state index in [1.807, 2.05) is 0 Å². The maximum Gasteiger partial charge on any atom is 0.341 e. The third kappa shape index (κ3) is 3.53.